The number of aromatic carboxylic acids is 1. The van der Waals surface area contributed by atoms with Gasteiger partial charge in [0.1, 0.15) is 6.04 Å². The van der Waals surface area contributed by atoms with Crippen LogP contribution in [0, 0.1) is 6.92 Å². The lowest BCUT2D eigenvalue weighted by atomic mass is 10.1. The number of amides is 3. The number of nitrogens with two attached hydrogens (primary N) is 1. The quantitative estimate of drug-likeness (QED) is 0.639. The van der Waals surface area contributed by atoms with Crippen molar-refractivity contribution in [1.29, 1.82) is 0 Å². The second-order valence-electron chi connectivity index (χ2n) is 4.06. The topological polar surface area (TPSA) is 122 Å². The van der Waals surface area contributed by atoms with Gasteiger partial charge in [-0.1, -0.05) is 6.07 Å². The van der Waals surface area contributed by atoms with Gasteiger partial charge in [0.2, 0.25) is 5.91 Å². The predicted molar refractivity (Wildman–Crippen MR) is 68.9 cm³/mol. The van der Waals surface area contributed by atoms with E-state index < -0.39 is 23.9 Å². The van der Waals surface area contributed by atoms with Gasteiger partial charge in [0.15, 0.2) is 0 Å². The zero-order valence-electron chi connectivity index (χ0n) is 10.6. The molecule has 1 rings (SSSR count). The van der Waals surface area contributed by atoms with Crippen LogP contribution in [0.1, 0.15) is 22.8 Å². The SMILES string of the molecule is Cc1ccc(NC(=O)NC(C)C(N)=O)cc1C(=O)O. The van der Waals surface area contributed by atoms with Crippen LogP contribution in [-0.2, 0) is 4.79 Å². The molecule has 0 heterocycles. The van der Waals surface area contributed by atoms with Gasteiger partial charge in [0, 0.05) is 5.69 Å². The minimum Gasteiger partial charge on any atom is -0.478 e. The maximum Gasteiger partial charge on any atom is 0.336 e. The lowest BCUT2D eigenvalue weighted by Crippen LogP contribution is -2.44. The van der Waals surface area contributed by atoms with Gasteiger partial charge in [-0.3, -0.25) is 4.79 Å². The van der Waals surface area contributed by atoms with E-state index in [1.807, 2.05) is 0 Å². The molecule has 19 heavy (non-hydrogen) atoms. The number of aryl methyl sites for hydroxylation is 1. The molecule has 0 fully saturated rings. The number of anilines is 1. The molecular weight excluding hydrogens is 250 g/mol. The molecule has 0 spiro atoms. The number of carbonyl (C=O) groups excluding carboxylic acids is 2. The molecule has 0 aliphatic rings. The molecule has 0 aliphatic heterocycles. The Bertz CT molecular complexity index is 528. The van der Waals surface area contributed by atoms with Crippen LogP contribution in [0.3, 0.4) is 0 Å². The molecule has 7 nitrogen and oxygen atoms in total. The van der Waals surface area contributed by atoms with Crippen molar-refractivity contribution in [2.75, 3.05) is 5.32 Å². The van der Waals surface area contributed by atoms with Crippen molar-refractivity contribution < 1.29 is 19.5 Å². The highest BCUT2D eigenvalue weighted by atomic mass is 16.4. The maximum atomic E-state index is 11.5. The average molecular weight is 265 g/mol. The van der Waals surface area contributed by atoms with Gasteiger partial charge in [-0.05, 0) is 31.5 Å². The van der Waals surface area contributed by atoms with Gasteiger partial charge in [-0.25, -0.2) is 9.59 Å². The molecule has 0 saturated carbocycles. The van der Waals surface area contributed by atoms with E-state index in [1.54, 1.807) is 19.1 Å². The zero-order valence-corrected chi connectivity index (χ0v) is 10.6. The minimum atomic E-state index is -1.08. The first-order chi connectivity index (χ1) is 8.81. The lowest BCUT2D eigenvalue weighted by molar-refractivity contribution is -0.119. The molecule has 1 atom stereocenters. The highest BCUT2D eigenvalue weighted by molar-refractivity contribution is 5.95. The fraction of sp³-hybridized carbons (Fsp3) is 0.250. The van der Waals surface area contributed by atoms with E-state index in [0.29, 0.717) is 11.3 Å². The van der Waals surface area contributed by atoms with Crippen LogP contribution in [0.4, 0.5) is 10.5 Å². The fourth-order valence-electron chi connectivity index (χ4n) is 1.37. The maximum absolute atomic E-state index is 11.5. The summed E-state index contributed by atoms with van der Waals surface area (Å²) in [4.78, 5) is 33.2. The molecule has 5 N–H and O–H groups in total. The Balaban J connectivity index is 2.78. The van der Waals surface area contributed by atoms with Crippen molar-refractivity contribution in [3.63, 3.8) is 0 Å². The van der Waals surface area contributed by atoms with Gasteiger partial charge in [0.05, 0.1) is 5.56 Å². The van der Waals surface area contributed by atoms with Crippen molar-refractivity contribution in [1.82, 2.24) is 5.32 Å². The molecule has 1 aromatic rings. The molecule has 1 aromatic carbocycles. The molecule has 0 aliphatic carbocycles. The molecule has 0 bridgehead atoms. The number of primary amides is 1. The Morgan fingerprint density at radius 1 is 1.32 bits per heavy atom. The third-order valence-electron chi connectivity index (χ3n) is 2.50. The number of benzene rings is 1. The Morgan fingerprint density at radius 3 is 2.47 bits per heavy atom. The van der Waals surface area contributed by atoms with E-state index in [2.05, 4.69) is 10.6 Å². The monoisotopic (exact) mass is 265 g/mol. The molecule has 0 saturated heterocycles. The first-order valence-corrected chi connectivity index (χ1v) is 5.52. The summed E-state index contributed by atoms with van der Waals surface area (Å²) in [5.41, 5.74) is 6.00. The highest BCUT2D eigenvalue weighted by Crippen LogP contribution is 2.15. The normalized spacial score (nSPS) is 11.5. The fourth-order valence-corrected chi connectivity index (χ4v) is 1.37. The van der Waals surface area contributed by atoms with E-state index in [-0.39, 0.29) is 5.56 Å². The number of hydrogen-bond acceptors (Lipinski definition) is 3. The minimum absolute atomic E-state index is 0.0979. The summed E-state index contributed by atoms with van der Waals surface area (Å²) >= 11 is 0. The second-order valence-corrected chi connectivity index (χ2v) is 4.06. The summed E-state index contributed by atoms with van der Waals surface area (Å²) in [5.74, 6) is -1.74. The summed E-state index contributed by atoms with van der Waals surface area (Å²) in [5, 5.41) is 13.7. The van der Waals surface area contributed by atoms with Crippen molar-refractivity contribution >= 4 is 23.6 Å². The van der Waals surface area contributed by atoms with Crippen LogP contribution >= 0.6 is 0 Å². The van der Waals surface area contributed by atoms with Gasteiger partial charge in [-0.2, -0.15) is 0 Å². The van der Waals surface area contributed by atoms with Gasteiger partial charge >= 0.3 is 12.0 Å². The Labute approximate surface area is 109 Å². The molecule has 7 heteroatoms. The van der Waals surface area contributed by atoms with Gasteiger partial charge < -0.3 is 21.5 Å². The van der Waals surface area contributed by atoms with E-state index in [0.717, 1.165) is 0 Å². The highest BCUT2D eigenvalue weighted by Gasteiger charge is 2.13. The number of rotatable bonds is 4. The number of nitrogens with one attached hydrogen (secondary N) is 2. The lowest BCUT2D eigenvalue weighted by Gasteiger charge is -2.12. The predicted octanol–water partition coefficient (Wildman–Crippen LogP) is 0.689. The largest absolute Gasteiger partial charge is 0.478 e. The average Bonchev–Trinajstić information content (AvgIpc) is 2.30. The van der Waals surface area contributed by atoms with Crippen molar-refractivity contribution in [3.05, 3.63) is 29.3 Å². The number of hydrogen-bond donors (Lipinski definition) is 4. The van der Waals surface area contributed by atoms with E-state index in [9.17, 15) is 14.4 Å². The summed E-state index contributed by atoms with van der Waals surface area (Å²) in [6.45, 7) is 3.10. The van der Waals surface area contributed by atoms with Gasteiger partial charge in [-0.15, -0.1) is 0 Å². The third-order valence-corrected chi connectivity index (χ3v) is 2.50. The van der Waals surface area contributed by atoms with Crippen molar-refractivity contribution in [2.45, 2.75) is 19.9 Å². The molecular formula is C12H15N3O4. The number of carboxylic acids is 1. The standard InChI is InChI=1S/C12H15N3O4/c1-6-3-4-8(5-9(6)11(17)18)15-12(19)14-7(2)10(13)16/h3-5,7H,1-2H3,(H2,13,16)(H,17,18)(H2,14,15,19). The molecule has 0 radical (unpaired) electrons. The summed E-state index contributed by atoms with van der Waals surface area (Å²) in [6, 6.07) is 3.04. The summed E-state index contributed by atoms with van der Waals surface area (Å²) in [7, 11) is 0. The number of carbonyl (C=O) groups is 3. The molecule has 1 unspecified atom stereocenters. The van der Waals surface area contributed by atoms with Crippen LogP contribution < -0.4 is 16.4 Å². The van der Waals surface area contributed by atoms with Crippen LogP contribution in [0.2, 0.25) is 0 Å². The zero-order chi connectivity index (χ0) is 14.6. The Morgan fingerprint density at radius 2 is 1.95 bits per heavy atom. The first-order valence-electron chi connectivity index (χ1n) is 5.52. The molecule has 102 valence electrons. The smallest absolute Gasteiger partial charge is 0.336 e. The number of carboxylic acid groups (broad SMARTS) is 1. The third kappa shape index (κ3) is 3.98. The van der Waals surface area contributed by atoms with Crippen molar-refractivity contribution in [3.8, 4) is 0 Å². The second kappa shape index (κ2) is 5.85. The first kappa shape index (κ1) is 14.5. The number of urea groups is 1. The van der Waals surface area contributed by atoms with Crippen LogP contribution in [-0.4, -0.2) is 29.1 Å². The molecule has 3 amide bonds. The van der Waals surface area contributed by atoms with Crippen LogP contribution in [0.15, 0.2) is 18.2 Å². The molecule has 0 aromatic heterocycles. The van der Waals surface area contributed by atoms with E-state index >= 15 is 0 Å². The van der Waals surface area contributed by atoms with E-state index in [4.69, 9.17) is 10.8 Å². The van der Waals surface area contributed by atoms with Crippen molar-refractivity contribution in [2.24, 2.45) is 5.73 Å². The Hall–Kier alpha value is -2.57. The van der Waals surface area contributed by atoms with E-state index in [1.165, 1.54) is 13.0 Å². The van der Waals surface area contributed by atoms with Gasteiger partial charge in [0.25, 0.3) is 0 Å². The summed E-state index contributed by atoms with van der Waals surface area (Å²) in [6.07, 6.45) is 0. The van der Waals surface area contributed by atoms with Crippen LogP contribution in [0.5, 0.6) is 0 Å². The Kier molecular flexibility index (Phi) is 4.46. The van der Waals surface area contributed by atoms with Crippen LogP contribution in [0.25, 0.3) is 0 Å². The summed E-state index contributed by atoms with van der Waals surface area (Å²) < 4.78 is 0.